The predicted octanol–water partition coefficient (Wildman–Crippen LogP) is 0.600. The normalized spacial score (nSPS) is 20.8. The summed E-state index contributed by atoms with van der Waals surface area (Å²) in [5.41, 5.74) is 0. The standard InChI is InChI=1S/C13H20N2O3/c16-10-11-3-1-5-15(8-11)9-13(17)14-7-12-4-2-6-18-12/h2,4,6,11,16H,1,3,5,7-10H2,(H,14,17). The second-order valence-corrected chi connectivity index (χ2v) is 4.78. The van der Waals surface area contributed by atoms with Crippen molar-refractivity contribution in [3.8, 4) is 0 Å². The minimum absolute atomic E-state index is 0.00462. The van der Waals surface area contributed by atoms with Crippen LogP contribution in [0.3, 0.4) is 0 Å². The number of hydrogen-bond acceptors (Lipinski definition) is 4. The molecule has 0 radical (unpaired) electrons. The van der Waals surface area contributed by atoms with Crippen molar-refractivity contribution in [3.05, 3.63) is 24.2 Å². The molecule has 1 unspecified atom stereocenters. The number of rotatable bonds is 5. The van der Waals surface area contributed by atoms with Crippen molar-refractivity contribution in [2.45, 2.75) is 19.4 Å². The van der Waals surface area contributed by atoms with E-state index in [-0.39, 0.29) is 12.5 Å². The van der Waals surface area contributed by atoms with Crippen LogP contribution in [0.15, 0.2) is 22.8 Å². The summed E-state index contributed by atoms with van der Waals surface area (Å²) >= 11 is 0. The molecule has 2 heterocycles. The molecular formula is C13H20N2O3. The number of likely N-dealkylation sites (tertiary alicyclic amines) is 1. The van der Waals surface area contributed by atoms with Gasteiger partial charge in [0.15, 0.2) is 0 Å². The molecule has 1 aliphatic heterocycles. The third kappa shape index (κ3) is 3.85. The smallest absolute Gasteiger partial charge is 0.234 e. The Morgan fingerprint density at radius 2 is 2.50 bits per heavy atom. The number of amides is 1. The molecule has 0 saturated carbocycles. The SMILES string of the molecule is O=C(CN1CCCC(CO)C1)NCc1ccco1. The zero-order valence-electron chi connectivity index (χ0n) is 10.5. The lowest BCUT2D eigenvalue weighted by Crippen LogP contribution is -2.43. The molecule has 0 spiro atoms. The number of piperidine rings is 1. The molecule has 1 aromatic rings. The van der Waals surface area contributed by atoms with Gasteiger partial charge in [0, 0.05) is 13.2 Å². The molecule has 5 heteroatoms. The van der Waals surface area contributed by atoms with E-state index in [1.54, 1.807) is 12.3 Å². The van der Waals surface area contributed by atoms with Gasteiger partial charge in [0.05, 0.1) is 19.4 Å². The summed E-state index contributed by atoms with van der Waals surface area (Å²) in [5, 5.41) is 12.0. The van der Waals surface area contributed by atoms with Crippen LogP contribution >= 0.6 is 0 Å². The van der Waals surface area contributed by atoms with Gasteiger partial charge in [-0.15, -0.1) is 0 Å². The minimum atomic E-state index is 0.00462. The van der Waals surface area contributed by atoms with E-state index in [1.807, 2.05) is 6.07 Å². The van der Waals surface area contributed by atoms with Gasteiger partial charge in [0.1, 0.15) is 5.76 Å². The Hall–Kier alpha value is -1.33. The Balaban J connectivity index is 1.70. The van der Waals surface area contributed by atoms with E-state index in [9.17, 15) is 4.79 Å². The van der Waals surface area contributed by atoms with Crippen LogP contribution in [0, 0.1) is 5.92 Å². The van der Waals surface area contributed by atoms with Gasteiger partial charge in [0.25, 0.3) is 0 Å². The molecule has 18 heavy (non-hydrogen) atoms. The summed E-state index contributed by atoms with van der Waals surface area (Å²) in [6.45, 7) is 2.79. The van der Waals surface area contributed by atoms with Crippen LogP contribution in [0.25, 0.3) is 0 Å². The zero-order chi connectivity index (χ0) is 12.8. The first kappa shape index (κ1) is 13.1. The number of furan rings is 1. The third-order valence-corrected chi connectivity index (χ3v) is 3.27. The van der Waals surface area contributed by atoms with Gasteiger partial charge < -0.3 is 14.8 Å². The monoisotopic (exact) mass is 252 g/mol. The highest BCUT2D eigenvalue weighted by molar-refractivity contribution is 5.77. The number of hydrogen-bond donors (Lipinski definition) is 2. The van der Waals surface area contributed by atoms with Crippen molar-refractivity contribution >= 4 is 5.91 Å². The third-order valence-electron chi connectivity index (χ3n) is 3.27. The van der Waals surface area contributed by atoms with Gasteiger partial charge in [0.2, 0.25) is 5.91 Å². The maximum Gasteiger partial charge on any atom is 0.234 e. The number of aliphatic hydroxyl groups is 1. The van der Waals surface area contributed by atoms with Gasteiger partial charge in [-0.05, 0) is 37.4 Å². The molecule has 100 valence electrons. The summed E-state index contributed by atoms with van der Waals surface area (Å²) in [6.07, 6.45) is 3.70. The van der Waals surface area contributed by atoms with Crippen LogP contribution < -0.4 is 5.32 Å². The van der Waals surface area contributed by atoms with Crippen molar-refractivity contribution < 1.29 is 14.3 Å². The van der Waals surface area contributed by atoms with Crippen molar-refractivity contribution in [1.29, 1.82) is 0 Å². The highest BCUT2D eigenvalue weighted by Crippen LogP contribution is 2.15. The fourth-order valence-electron chi connectivity index (χ4n) is 2.30. The van der Waals surface area contributed by atoms with E-state index >= 15 is 0 Å². The van der Waals surface area contributed by atoms with Gasteiger partial charge >= 0.3 is 0 Å². The molecule has 0 aliphatic carbocycles. The molecule has 0 aromatic carbocycles. The lowest BCUT2D eigenvalue weighted by Gasteiger charge is -2.31. The Morgan fingerprint density at radius 1 is 1.61 bits per heavy atom. The summed E-state index contributed by atoms with van der Waals surface area (Å²) < 4.78 is 5.15. The first-order chi connectivity index (χ1) is 8.78. The molecule has 1 aromatic heterocycles. The van der Waals surface area contributed by atoms with E-state index in [0.29, 0.717) is 19.0 Å². The number of nitrogens with one attached hydrogen (secondary N) is 1. The van der Waals surface area contributed by atoms with Crippen LogP contribution in [0.2, 0.25) is 0 Å². The van der Waals surface area contributed by atoms with E-state index in [4.69, 9.17) is 9.52 Å². The lowest BCUT2D eigenvalue weighted by atomic mass is 9.99. The number of carbonyl (C=O) groups is 1. The first-order valence-electron chi connectivity index (χ1n) is 6.40. The highest BCUT2D eigenvalue weighted by Gasteiger charge is 2.20. The maximum atomic E-state index is 11.7. The Labute approximate surface area is 107 Å². The number of aliphatic hydroxyl groups excluding tert-OH is 1. The molecule has 0 bridgehead atoms. The predicted molar refractivity (Wildman–Crippen MR) is 66.8 cm³/mol. The van der Waals surface area contributed by atoms with E-state index in [1.165, 1.54) is 0 Å². The average molecular weight is 252 g/mol. The van der Waals surface area contributed by atoms with Crippen molar-refractivity contribution in [1.82, 2.24) is 10.2 Å². The van der Waals surface area contributed by atoms with E-state index < -0.39 is 0 Å². The summed E-state index contributed by atoms with van der Waals surface area (Å²) in [5.74, 6) is 1.08. The molecular weight excluding hydrogens is 232 g/mol. The molecule has 2 N–H and O–H groups in total. The van der Waals surface area contributed by atoms with E-state index in [0.717, 1.165) is 31.7 Å². The molecule has 1 aliphatic rings. The fourth-order valence-corrected chi connectivity index (χ4v) is 2.30. The second-order valence-electron chi connectivity index (χ2n) is 4.78. The second kappa shape index (κ2) is 6.56. The molecule has 1 saturated heterocycles. The van der Waals surface area contributed by atoms with E-state index in [2.05, 4.69) is 10.2 Å². The van der Waals surface area contributed by atoms with Crippen LogP contribution in [0.5, 0.6) is 0 Å². The van der Waals surface area contributed by atoms with Crippen LogP contribution in [-0.4, -0.2) is 42.2 Å². The zero-order valence-corrected chi connectivity index (χ0v) is 10.5. The topological polar surface area (TPSA) is 65.7 Å². The lowest BCUT2D eigenvalue weighted by molar-refractivity contribution is -0.123. The highest BCUT2D eigenvalue weighted by atomic mass is 16.3. The molecule has 2 rings (SSSR count). The Morgan fingerprint density at radius 3 is 3.22 bits per heavy atom. The van der Waals surface area contributed by atoms with Gasteiger partial charge in [-0.1, -0.05) is 0 Å². The molecule has 5 nitrogen and oxygen atoms in total. The quantitative estimate of drug-likeness (QED) is 0.805. The summed E-state index contributed by atoms with van der Waals surface area (Å²) in [4.78, 5) is 13.8. The average Bonchev–Trinajstić information content (AvgIpc) is 2.90. The summed E-state index contributed by atoms with van der Waals surface area (Å²) in [7, 11) is 0. The van der Waals surface area contributed by atoms with Crippen LogP contribution in [0.1, 0.15) is 18.6 Å². The largest absolute Gasteiger partial charge is 0.467 e. The number of nitrogens with zero attached hydrogens (tertiary/aromatic N) is 1. The van der Waals surface area contributed by atoms with Crippen molar-refractivity contribution in [3.63, 3.8) is 0 Å². The van der Waals surface area contributed by atoms with Gasteiger partial charge in [-0.3, -0.25) is 9.69 Å². The molecule has 1 amide bonds. The van der Waals surface area contributed by atoms with Crippen molar-refractivity contribution in [2.75, 3.05) is 26.2 Å². The van der Waals surface area contributed by atoms with Crippen molar-refractivity contribution in [2.24, 2.45) is 5.92 Å². The fraction of sp³-hybridized carbons (Fsp3) is 0.615. The van der Waals surface area contributed by atoms with Gasteiger partial charge in [-0.25, -0.2) is 0 Å². The first-order valence-corrected chi connectivity index (χ1v) is 6.40. The number of carbonyl (C=O) groups excluding carboxylic acids is 1. The van der Waals surface area contributed by atoms with Crippen LogP contribution in [0.4, 0.5) is 0 Å². The van der Waals surface area contributed by atoms with Crippen LogP contribution in [-0.2, 0) is 11.3 Å². The van der Waals surface area contributed by atoms with Gasteiger partial charge in [-0.2, -0.15) is 0 Å². The maximum absolute atomic E-state index is 11.7. The molecule has 1 atom stereocenters. The summed E-state index contributed by atoms with van der Waals surface area (Å²) in [6, 6.07) is 3.64. The Kier molecular flexibility index (Phi) is 4.78. The molecule has 1 fully saturated rings. The Bertz CT molecular complexity index is 364. The minimum Gasteiger partial charge on any atom is -0.467 e.